The van der Waals surface area contributed by atoms with Gasteiger partial charge < -0.3 is 15.0 Å². The molecule has 1 saturated heterocycles. The van der Waals surface area contributed by atoms with Crippen LogP contribution in [0.4, 0.5) is 13.2 Å². The van der Waals surface area contributed by atoms with Crippen molar-refractivity contribution in [1.82, 2.24) is 15.1 Å². The Morgan fingerprint density at radius 1 is 0.861 bits per heavy atom. The lowest BCUT2D eigenvalue weighted by Crippen LogP contribution is -2.52. The number of piperazine rings is 1. The molecule has 3 aromatic rings. The molecule has 0 radical (unpaired) electrons. The summed E-state index contributed by atoms with van der Waals surface area (Å²) < 4.78 is 41.6. The highest BCUT2D eigenvalue weighted by Gasteiger charge is 2.33. The number of benzene rings is 3. The minimum absolute atomic E-state index is 0.116. The summed E-state index contributed by atoms with van der Waals surface area (Å²) in [5.74, 6) is -0.958. The predicted molar refractivity (Wildman–Crippen MR) is 128 cm³/mol. The number of hydrogen-bond donors (Lipinski definition) is 1. The molecule has 1 N–H and O–H groups in total. The maximum absolute atomic E-state index is 13.3. The summed E-state index contributed by atoms with van der Waals surface area (Å²) in [7, 11) is 0. The zero-order valence-corrected chi connectivity index (χ0v) is 19.4. The van der Waals surface area contributed by atoms with Gasteiger partial charge in [0.15, 0.2) is 0 Å². The molecule has 6 nitrogen and oxygen atoms in total. The van der Waals surface area contributed by atoms with E-state index < -0.39 is 18.2 Å². The second-order valence-corrected chi connectivity index (χ2v) is 8.42. The van der Waals surface area contributed by atoms with Gasteiger partial charge in [0, 0.05) is 38.3 Å². The molecular weight excluding hydrogens is 471 g/mol. The van der Waals surface area contributed by atoms with Crippen LogP contribution in [0.5, 0.6) is 5.75 Å². The van der Waals surface area contributed by atoms with E-state index in [1.165, 1.54) is 12.1 Å². The molecule has 0 bridgehead atoms. The first-order valence-electron chi connectivity index (χ1n) is 11.6. The molecule has 0 aromatic heterocycles. The fourth-order valence-electron chi connectivity index (χ4n) is 4.24. The number of hydrogen-bond acceptors (Lipinski definition) is 4. The molecule has 0 aliphatic carbocycles. The second-order valence-electron chi connectivity index (χ2n) is 8.42. The number of ether oxygens (including phenoxy) is 1. The Morgan fingerprint density at radius 2 is 1.50 bits per heavy atom. The molecule has 3 aromatic carbocycles. The van der Waals surface area contributed by atoms with Crippen LogP contribution in [-0.2, 0) is 11.3 Å². The Labute approximate surface area is 207 Å². The first-order chi connectivity index (χ1) is 17.3. The van der Waals surface area contributed by atoms with Crippen LogP contribution >= 0.6 is 0 Å². The quantitative estimate of drug-likeness (QED) is 0.526. The topological polar surface area (TPSA) is 61.9 Å². The number of alkyl halides is 3. The number of carbonyl (C=O) groups excluding carboxylic acids is 2. The van der Waals surface area contributed by atoms with Gasteiger partial charge in [0.1, 0.15) is 11.8 Å². The molecule has 188 valence electrons. The van der Waals surface area contributed by atoms with Gasteiger partial charge in [-0.3, -0.25) is 14.5 Å². The van der Waals surface area contributed by atoms with E-state index in [0.29, 0.717) is 32.7 Å². The Kier molecular flexibility index (Phi) is 7.90. The van der Waals surface area contributed by atoms with Gasteiger partial charge >= 0.3 is 6.36 Å². The second kappa shape index (κ2) is 11.3. The van der Waals surface area contributed by atoms with Crippen molar-refractivity contribution in [2.24, 2.45) is 0 Å². The van der Waals surface area contributed by atoms with Crippen molar-refractivity contribution in [3.63, 3.8) is 0 Å². The van der Waals surface area contributed by atoms with Crippen molar-refractivity contribution in [3.05, 3.63) is 102 Å². The highest BCUT2D eigenvalue weighted by Crippen LogP contribution is 2.26. The monoisotopic (exact) mass is 497 g/mol. The normalized spacial score (nSPS) is 15.2. The lowest BCUT2D eigenvalue weighted by Gasteiger charge is -2.38. The smallest absolute Gasteiger partial charge is 0.406 e. The van der Waals surface area contributed by atoms with E-state index >= 15 is 0 Å². The van der Waals surface area contributed by atoms with E-state index in [-0.39, 0.29) is 17.4 Å². The van der Waals surface area contributed by atoms with Crippen LogP contribution in [0.2, 0.25) is 0 Å². The van der Waals surface area contributed by atoms with Crippen molar-refractivity contribution >= 4 is 11.8 Å². The van der Waals surface area contributed by atoms with Crippen molar-refractivity contribution < 1.29 is 27.5 Å². The average Bonchev–Trinajstić information content (AvgIpc) is 2.88. The zero-order valence-electron chi connectivity index (χ0n) is 19.4. The SMILES string of the molecule is O=C(NCc1ccccc1)[C@H](c1ccccc1)N1CCN(C(=O)c2cccc(OC(F)(F)F)c2)CC1. The number of amides is 2. The van der Waals surface area contributed by atoms with Gasteiger partial charge in [-0.2, -0.15) is 0 Å². The summed E-state index contributed by atoms with van der Waals surface area (Å²) in [6.07, 6.45) is -4.83. The van der Waals surface area contributed by atoms with Gasteiger partial charge in [-0.25, -0.2) is 0 Å². The van der Waals surface area contributed by atoms with Crippen LogP contribution in [-0.4, -0.2) is 54.2 Å². The summed E-state index contributed by atoms with van der Waals surface area (Å²) in [5, 5.41) is 3.01. The minimum atomic E-state index is -4.83. The molecule has 1 heterocycles. The number of nitrogens with zero attached hydrogens (tertiary/aromatic N) is 2. The van der Waals surface area contributed by atoms with Crippen LogP contribution in [0.15, 0.2) is 84.9 Å². The molecule has 2 amide bonds. The zero-order chi connectivity index (χ0) is 25.5. The summed E-state index contributed by atoms with van der Waals surface area (Å²) in [6.45, 7) is 1.93. The summed E-state index contributed by atoms with van der Waals surface area (Å²) in [4.78, 5) is 29.8. The molecule has 0 spiro atoms. The third kappa shape index (κ3) is 6.63. The van der Waals surface area contributed by atoms with E-state index in [2.05, 4.69) is 10.1 Å². The van der Waals surface area contributed by atoms with Gasteiger partial charge in [-0.1, -0.05) is 66.7 Å². The van der Waals surface area contributed by atoms with Gasteiger partial charge in [0.05, 0.1) is 0 Å². The Bertz CT molecular complexity index is 1160. The standard InChI is InChI=1S/C27H26F3N3O3/c28-27(29,30)36-23-13-7-12-22(18-23)26(35)33-16-14-32(15-17-33)24(21-10-5-2-6-11-21)25(34)31-19-20-8-3-1-4-9-20/h1-13,18,24H,14-17,19H2,(H,31,34)/t24-/m0/s1. The van der Waals surface area contributed by atoms with Crippen LogP contribution in [0.25, 0.3) is 0 Å². The average molecular weight is 498 g/mol. The molecule has 36 heavy (non-hydrogen) atoms. The third-order valence-electron chi connectivity index (χ3n) is 5.95. The molecule has 9 heteroatoms. The van der Waals surface area contributed by atoms with E-state index in [4.69, 9.17) is 0 Å². The maximum Gasteiger partial charge on any atom is 0.573 e. The number of halogens is 3. The van der Waals surface area contributed by atoms with E-state index in [1.54, 1.807) is 4.90 Å². The van der Waals surface area contributed by atoms with Crippen LogP contribution in [0.3, 0.4) is 0 Å². The van der Waals surface area contributed by atoms with Gasteiger partial charge in [-0.15, -0.1) is 13.2 Å². The molecule has 0 saturated carbocycles. The van der Waals surface area contributed by atoms with E-state index in [1.807, 2.05) is 65.6 Å². The Hall–Kier alpha value is -3.85. The van der Waals surface area contributed by atoms with Gasteiger partial charge in [0.25, 0.3) is 5.91 Å². The fraction of sp³-hybridized carbons (Fsp3) is 0.259. The highest BCUT2D eigenvalue weighted by atomic mass is 19.4. The molecule has 0 unspecified atom stereocenters. The lowest BCUT2D eigenvalue weighted by molar-refractivity contribution is -0.274. The van der Waals surface area contributed by atoms with Crippen LogP contribution < -0.4 is 10.1 Å². The largest absolute Gasteiger partial charge is 0.573 e. The van der Waals surface area contributed by atoms with Crippen LogP contribution in [0, 0.1) is 0 Å². The fourth-order valence-corrected chi connectivity index (χ4v) is 4.24. The van der Waals surface area contributed by atoms with Crippen molar-refractivity contribution in [3.8, 4) is 5.75 Å². The van der Waals surface area contributed by atoms with Crippen molar-refractivity contribution in [1.29, 1.82) is 0 Å². The number of carbonyl (C=O) groups is 2. The van der Waals surface area contributed by atoms with Crippen LogP contribution in [0.1, 0.15) is 27.5 Å². The Morgan fingerprint density at radius 3 is 2.14 bits per heavy atom. The van der Waals surface area contributed by atoms with E-state index in [9.17, 15) is 22.8 Å². The maximum atomic E-state index is 13.3. The molecule has 4 rings (SSSR count). The third-order valence-corrected chi connectivity index (χ3v) is 5.95. The molecule has 1 atom stereocenters. The van der Waals surface area contributed by atoms with Crippen molar-refractivity contribution in [2.75, 3.05) is 26.2 Å². The summed E-state index contributed by atoms with van der Waals surface area (Å²) in [5.41, 5.74) is 1.95. The number of nitrogens with one attached hydrogen (secondary N) is 1. The number of rotatable bonds is 7. The Balaban J connectivity index is 1.42. The summed E-state index contributed by atoms with van der Waals surface area (Å²) in [6, 6.07) is 23.6. The van der Waals surface area contributed by atoms with E-state index in [0.717, 1.165) is 23.3 Å². The summed E-state index contributed by atoms with van der Waals surface area (Å²) >= 11 is 0. The molecular formula is C27H26F3N3O3. The lowest BCUT2D eigenvalue weighted by atomic mass is 10.0. The minimum Gasteiger partial charge on any atom is -0.406 e. The first-order valence-corrected chi connectivity index (χ1v) is 11.6. The van der Waals surface area contributed by atoms with Gasteiger partial charge in [-0.05, 0) is 29.3 Å². The van der Waals surface area contributed by atoms with Crippen molar-refractivity contribution in [2.45, 2.75) is 18.9 Å². The predicted octanol–water partition coefficient (Wildman–Crippen LogP) is 4.40. The first kappa shape index (κ1) is 25.2. The molecule has 1 fully saturated rings. The highest BCUT2D eigenvalue weighted by molar-refractivity contribution is 5.94. The van der Waals surface area contributed by atoms with Gasteiger partial charge in [0.2, 0.25) is 5.91 Å². The molecule has 1 aliphatic heterocycles. The molecule has 1 aliphatic rings.